The maximum atomic E-state index is 12.7. The molecule has 0 atom stereocenters. The molecule has 4 aromatic rings. The summed E-state index contributed by atoms with van der Waals surface area (Å²) < 4.78 is 11.3. The first-order valence-electron chi connectivity index (χ1n) is 9.38. The zero-order chi connectivity index (χ0) is 21.6. The van der Waals surface area contributed by atoms with Crippen LogP contribution in [0.25, 0.3) is 0 Å². The van der Waals surface area contributed by atoms with E-state index in [1.807, 2.05) is 48.5 Å². The first kappa shape index (κ1) is 21.4. The fraction of sp³-hybridized carbons (Fsp3) is 0.0417. The molecule has 0 radical (unpaired) electrons. The first-order chi connectivity index (χ1) is 15.1. The summed E-state index contributed by atoms with van der Waals surface area (Å²) in [4.78, 5) is 14.6. The van der Waals surface area contributed by atoms with E-state index in [0.29, 0.717) is 27.2 Å². The number of nitrogens with one attached hydrogen (secondary N) is 1. The minimum absolute atomic E-state index is 0.191. The Morgan fingerprint density at radius 1 is 0.903 bits per heavy atom. The second kappa shape index (κ2) is 9.96. The summed E-state index contributed by atoms with van der Waals surface area (Å²) in [6, 6.07) is 25.6. The average molecular weight is 470 g/mol. The quantitative estimate of drug-likeness (QED) is 0.303. The number of carbonyl (C=O) groups excluding carboxylic acids is 1. The van der Waals surface area contributed by atoms with Crippen LogP contribution in [0, 0.1) is 0 Å². The van der Waals surface area contributed by atoms with Crippen LogP contribution in [0.3, 0.4) is 0 Å². The summed E-state index contributed by atoms with van der Waals surface area (Å²) in [6.07, 6.45) is 0. The fourth-order valence-electron chi connectivity index (χ4n) is 2.76. The number of amides is 1. The smallest absolute Gasteiger partial charge is 0.291 e. The molecule has 1 heterocycles. The highest BCUT2D eigenvalue weighted by Gasteiger charge is 2.14. The molecule has 4 rings (SSSR count). The van der Waals surface area contributed by atoms with Gasteiger partial charge in [0.25, 0.3) is 5.91 Å². The number of hydrogen-bond acceptors (Lipinski definition) is 4. The highest BCUT2D eigenvalue weighted by atomic mass is 35.5. The lowest BCUT2D eigenvalue weighted by Crippen LogP contribution is -2.11. The zero-order valence-corrected chi connectivity index (χ0v) is 18.5. The second-order valence-corrected chi connectivity index (χ2v) is 8.51. The van der Waals surface area contributed by atoms with Gasteiger partial charge >= 0.3 is 0 Å². The van der Waals surface area contributed by atoms with Crippen molar-refractivity contribution in [2.75, 3.05) is 5.32 Å². The van der Waals surface area contributed by atoms with E-state index in [4.69, 9.17) is 32.4 Å². The van der Waals surface area contributed by atoms with E-state index in [0.717, 1.165) is 9.79 Å². The maximum Gasteiger partial charge on any atom is 0.291 e. The summed E-state index contributed by atoms with van der Waals surface area (Å²) in [6.45, 7) is 0.191. The Morgan fingerprint density at radius 3 is 2.52 bits per heavy atom. The standard InChI is InChI=1S/C24H17Cl2NO3S/c25-16-8-11-20(12-9-16)31-23-7-2-1-6-21(23)27-24(28)22-13-10-19(30-22)15-29-18-5-3-4-17(26)14-18/h1-14H,15H2,(H,27,28). The molecule has 0 spiro atoms. The Labute approximate surface area is 194 Å². The van der Waals surface area contributed by atoms with Gasteiger partial charge in [0.05, 0.1) is 5.69 Å². The third kappa shape index (κ3) is 5.85. The Morgan fingerprint density at radius 2 is 1.71 bits per heavy atom. The summed E-state index contributed by atoms with van der Waals surface area (Å²) in [5.41, 5.74) is 0.695. The van der Waals surface area contributed by atoms with Gasteiger partial charge in [0.1, 0.15) is 18.1 Å². The summed E-state index contributed by atoms with van der Waals surface area (Å²) in [5, 5.41) is 4.18. The number of hydrogen-bond donors (Lipinski definition) is 1. The summed E-state index contributed by atoms with van der Waals surface area (Å²) in [5.74, 6) is 1.03. The van der Waals surface area contributed by atoms with Crippen LogP contribution in [0.1, 0.15) is 16.3 Å². The van der Waals surface area contributed by atoms with Crippen LogP contribution < -0.4 is 10.1 Å². The topological polar surface area (TPSA) is 51.5 Å². The predicted octanol–water partition coefficient (Wildman–Crippen LogP) is 7.57. The number of carbonyl (C=O) groups is 1. The monoisotopic (exact) mass is 469 g/mol. The fourth-order valence-corrected chi connectivity index (χ4v) is 3.97. The lowest BCUT2D eigenvalue weighted by Gasteiger charge is -2.10. The van der Waals surface area contributed by atoms with Gasteiger partial charge in [-0.3, -0.25) is 4.79 Å². The molecule has 7 heteroatoms. The van der Waals surface area contributed by atoms with Crippen molar-refractivity contribution in [3.63, 3.8) is 0 Å². The third-order valence-corrected chi connectivity index (χ3v) is 5.81. The Hall–Kier alpha value is -2.86. The molecule has 0 unspecified atom stereocenters. The lowest BCUT2D eigenvalue weighted by atomic mass is 10.3. The van der Waals surface area contributed by atoms with Gasteiger partial charge < -0.3 is 14.5 Å². The van der Waals surface area contributed by atoms with Crippen molar-refractivity contribution >= 4 is 46.6 Å². The number of halogens is 2. The van der Waals surface area contributed by atoms with Crippen LogP contribution >= 0.6 is 35.0 Å². The second-order valence-electron chi connectivity index (χ2n) is 6.52. The van der Waals surface area contributed by atoms with Crippen LogP contribution in [0.15, 0.2) is 99.1 Å². The molecule has 1 amide bonds. The molecular formula is C24H17Cl2NO3S. The molecule has 0 saturated heterocycles. The molecule has 0 aliphatic rings. The van der Waals surface area contributed by atoms with Gasteiger partial charge in [0.2, 0.25) is 0 Å². The molecule has 156 valence electrons. The largest absolute Gasteiger partial charge is 0.486 e. The van der Waals surface area contributed by atoms with Crippen LogP contribution in [0.5, 0.6) is 5.75 Å². The molecule has 1 aromatic heterocycles. The van der Waals surface area contributed by atoms with Crippen molar-refractivity contribution in [3.8, 4) is 5.75 Å². The van der Waals surface area contributed by atoms with E-state index >= 15 is 0 Å². The minimum Gasteiger partial charge on any atom is -0.486 e. The van der Waals surface area contributed by atoms with E-state index in [9.17, 15) is 4.79 Å². The lowest BCUT2D eigenvalue weighted by molar-refractivity contribution is 0.0992. The van der Waals surface area contributed by atoms with E-state index in [1.54, 1.807) is 36.4 Å². The molecule has 3 aromatic carbocycles. The molecule has 0 bridgehead atoms. The minimum atomic E-state index is -0.335. The van der Waals surface area contributed by atoms with E-state index < -0.39 is 0 Å². The van der Waals surface area contributed by atoms with Crippen LogP contribution in [-0.2, 0) is 6.61 Å². The number of furan rings is 1. The molecule has 0 fully saturated rings. The molecule has 1 N–H and O–H groups in total. The van der Waals surface area contributed by atoms with Crippen molar-refractivity contribution in [2.24, 2.45) is 0 Å². The SMILES string of the molecule is O=C(Nc1ccccc1Sc1ccc(Cl)cc1)c1ccc(COc2cccc(Cl)c2)o1. The molecular weight excluding hydrogens is 453 g/mol. The molecule has 0 aliphatic heterocycles. The van der Waals surface area contributed by atoms with Crippen molar-refractivity contribution in [1.82, 2.24) is 0 Å². The van der Waals surface area contributed by atoms with Gasteiger partial charge in [-0.25, -0.2) is 0 Å². The van der Waals surface area contributed by atoms with Gasteiger partial charge in [0.15, 0.2) is 5.76 Å². The first-order valence-corrected chi connectivity index (χ1v) is 10.9. The third-order valence-electron chi connectivity index (χ3n) is 4.24. The summed E-state index contributed by atoms with van der Waals surface area (Å²) >= 11 is 13.5. The molecule has 0 saturated carbocycles. The average Bonchev–Trinajstić information content (AvgIpc) is 3.25. The normalized spacial score (nSPS) is 10.6. The number of benzene rings is 3. The molecule has 0 aliphatic carbocycles. The van der Waals surface area contributed by atoms with E-state index in [-0.39, 0.29) is 18.3 Å². The van der Waals surface area contributed by atoms with Crippen molar-refractivity contribution in [1.29, 1.82) is 0 Å². The van der Waals surface area contributed by atoms with Gasteiger partial charge in [0, 0.05) is 19.8 Å². The highest BCUT2D eigenvalue weighted by molar-refractivity contribution is 7.99. The van der Waals surface area contributed by atoms with Gasteiger partial charge in [-0.2, -0.15) is 0 Å². The van der Waals surface area contributed by atoms with Gasteiger partial charge in [-0.05, 0) is 66.7 Å². The van der Waals surface area contributed by atoms with Crippen molar-refractivity contribution < 1.29 is 13.9 Å². The van der Waals surface area contributed by atoms with Crippen molar-refractivity contribution in [2.45, 2.75) is 16.4 Å². The predicted molar refractivity (Wildman–Crippen MR) is 124 cm³/mol. The van der Waals surface area contributed by atoms with Crippen LogP contribution in [0.2, 0.25) is 10.0 Å². The van der Waals surface area contributed by atoms with Crippen molar-refractivity contribution in [3.05, 3.63) is 106 Å². The summed E-state index contributed by atoms with van der Waals surface area (Å²) in [7, 11) is 0. The van der Waals surface area contributed by atoms with Crippen LogP contribution in [-0.4, -0.2) is 5.91 Å². The molecule has 4 nitrogen and oxygen atoms in total. The maximum absolute atomic E-state index is 12.7. The van der Waals surface area contributed by atoms with Gasteiger partial charge in [-0.15, -0.1) is 0 Å². The van der Waals surface area contributed by atoms with Gasteiger partial charge in [-0.1, -0.05) is 53.2 Å². The Kier molecular flexibility index (Phi) is 6.87. The van der Waals surface area contributed by atoms with E-state index in [1.165, 1.54) is 11.8 Å². The number of rotatable bonds is 7. The Bertz CT molecular complexity index is 1190. The Balaban J connectivity index is 1.41. The number of anilines is 1. The molecule has 31 heavy (non-hydrogen) atoms. The highest BCUT2D eigenvalue weighted by Crippen LogP contribution is 2.34. The number of para-hydroxylation sites is 1. The number of ether oxygens (including phenoxy) is 1. The zero-order valence-electron chi connectivity index (χ0n) is 16.2. The van der Waals surface area contributed by atoms with Crippen LogP contribution in [0.4, 0.5) is 5.69 Å². The van der Waals surface area contributed by atoms with E-state index in [2.05, 4.69) is 5.32 Å².